The van der Waals surface area contributed by atoms with Gasteiger partial charge in [0, 0.05) is 11.6 Å². The number of halogens is 2. The summed E-state index contributed by atoms with van der Waals surface area (Å²) in [5.74, 6) is 1.06. The molecule has 2 N–H and O–H groups in total. The van der Waals surface area contributed by atoms with Crippen LogP contribution >= 0.6 is 23.2 Å². The van der Waals surface area contributed by atoms with Gasteiger partial charge in [-0.3, -0.25) is 0 Å². The van der Waals surface area contributed by atoms with E-state index in [1.807, 2.05) is 0 Å². The van der Waals surface area contributed by atoms with Gasteiger partial charge in [0.05, 0.1) is 5.02 Å². The Labute approximate surface area is 137 Å². The molecule has 0 saturated heterocycles. The van der Waals surface area contributed by atoms with E-state index >= 15 is 0 Å². The monoisotopic (exact) mass is 333 g/mol. The Balaban J connectivity index is 2.30. The number of rotatable bonds is 7. The molecule has 0 aliphatic rings. The third kappa shape index (κ3) is 6.88. The van der Waals surface area contributed by atoms with Gasteiger partial charge in [0.1, 0.15) is 18.5 Å². The van der Waals surface area contributed by atoms with Crippen molar-refractivity contribution < 1.29 is 9.84 Å². The van der Waals surface area contributed by atoms with E-state index in [0.29, 0.717) is 28.3 Å². The molecule has 120 valence electrons. The van der Waals surface area contributed by atoms with Gasteiger partial charge < -0.3 is 15.2 Å². The molecule has 0 heterocycles. The minimum atomic E-state index is -0.580. The van der Waals surface area contributed by atoms with E-state index in [1.54, 1.807) is 18.2 Å². The van der Waals surface area contributed by atoms with E-state index in [-0.39, 0.29) is 12.0 Å². The minimum absolute atomic E-state index is 0.193. The fourth-order valence-electron chi connectivity index (χ4n) is 1.61. The molecule has 2 atom stereocenters. The summed E-state index contributed by atoms with van der Waals surface area (Å²) in [6.45, 7) is 10.4. The molecule has 1 aromatic rings. The summed E-state index contributed by atoms with van der Waals surface area (Å²) in [6, 6.07) is 5.03. The Bertz CT molecular complexity index is 446. The van der Waals surface area contributed by atoms with Crippen LogP contribution in [0.1, 0.15) is 27.7 Å². The van der Waals surface area contributed by atoms with E-state index in [0.717, 1.165) is 6.54 Å². The second-order valence-electron chi connectivity index (χ2n) is 6.46. The zero-order valence-electron chi connectivity index (χ0n) is 13.1. The van der Waals surface area contributed by atoms with Crippen LogP contribution in [0.2, 0.25) is 10.0 Å². The molecule has 1 rings (SSSR count). The molecular formula is C16H25Cl2NO2. The molecule has 2 unspecified atom stereocenters. The third-order valence-corrected chi connectivity index (χ3v) is 4.16. The number of benzene rings is 1. The van der Waals surface area contributed by atoms with Gasteiger partial charge in [0.2, 0.25) is 0 Å². The van der Waals surface area contributed by atoms with Gasteiger partial charge in [0.15, 0.2) is 0 Å². The number of aliphatic hydroxyl groups is 1. The highest BCUT2D eigenvalue weighted by Gasteiger charge is 2.19. The standard InChI is InChI=1S/C16H25Cl2NO2/c1-11(16(2,3)4)8-19-9-13(20)10-21-15-6-5-12(17)7-14(15)18/h5-7,11,13,19-20H,8-10H2,1-4H3. The SMILES string of the molecule is CC(CNCC(O)COc1ccc(Cl)cc1Cl)C(C)(C)C. The largest absolute Gasteiger partial charge is 0.489 e. The highest BCUT2D eigenvalue weighted by molar-refractivity contribution is 6.35. The topological polar surface area (TPSA) is 41.5 Å². The van der Waals surface area contributed by atoms with Crippen molar-refractivity contribution in [3.63, 3.8) is 0 Å². The van der Waals surface area contributed by atoms with Crippen LogP contribution in [0.4, 0.5) is 0 Å². The van der Waals surface area contributed by atoms with Crippen LogP contribution in [0.15, 0.2) is 18.2 Å². The van der Waals surface area contributed by atoms with Crippen molar-refractivity contribution in [2.45, 2.75) is 33.8 Å². The first-order chi connectivity index (χ1) is 9.70. The van der Waals surface area contributed by atoms with Crippen LogP contribution < -0.4 is 10.1 Å². The Morgan fingerprint density at radius 2 is 1.90 bits per heavy atom. The molecule has 1 aromatic carbocycles. The van der Waals surface area contributed by atoms with Crippen LogP contribution in [0, 0.1) is 11.3 Å². The average Bonchev–Trinajstić information content (AvgIpc) is 2.36. The zero-order valence-corrected chi connectivity index (χ0v) is 14.6. The molecular weight excluding hydrogens is 309 g/mol. The van der Waals surface area contributed by atoms with E-state index in [2.05, 4.69) is 33.0 Å². The fraction of sp³-hybridized carbons (Fsp3) is 0.625. The van der Waals surface area contributed by atoms with Gasteiger partial charge in [0.25, 0.3) is 0 Å². The van der Waals surface area contributed by atoms with Gasteiger partial charge >= 0.3 is 0 Å². The van der Waals surface area contributed by atoms with E-state index in [9.17, 15) is 5.11 Å². The predicted molar refractivity (Wildman–Crippen MR) is 89.5 cm³/mol. The highest BCUT2D eigenvalue weighted by Crippen LogP contribution is 2.27. The third-order valence-electron chi connectivity index (χ3n) is 3.63. The number of aliphatic hydroxyl groups excluding tert-OH is 1. The number of ether oxygens (including phenoxy) is 1. The summed E-state index contributed by atoms with van der Waals surface area (Å²) >= 11 is 11.8. The molecule has 0 spiro atoms. The number of nitrogens with one attached hydrogen (secondary N) is 1. The lowest BCUT2D eigenvalue weighted by molar-refractivity contribution is 0.103. The first kappa shape index (κ1) is 18.6. The van der Waals surface area contributed by atoms with E-state index in [1.165, 1.54) is 0 Å². The lowest BCUT2D eigenvalue weighted by atomic mass is 9.82. The Hall–Kier alpha value is -0.480. The van der Waals surface area contributed by atoms with Gasteiger partial charge in [-0.05, 0) is 36.1 Å². The molecule has 0 bridgehead atoms. The van der Waals surface area contributed by atoms with Gasteiger partial charge in [-0.2, -0.15) is 0 Å². The van der Waals surface area contributed by atoms with Crippen molar-refractivity contribution in [3.8, 4) is 5.75 Å². The molecule has 0 fully saturated rings. The van der Waals surface area contributed by atoms with Crippen LogP contribution in [-0.4, -0.2) is 30.9 Å². The van der Waals surface area contributed by atoms with Crippen molar-refractivity contribution in [2.24, 2.45) is 11.3 Å². The van der Waals surface area contributed by atoms with Crippen molar-refractivity contribution in [1.29, 1.82) is 0 Å². The van der Waals surface area contributed by atoms with Gasteiger partial charge in [-0.25, -0.2) is 0 Å². The summed E-state index contributed by atoms with van der Waals surface area (Å²) < 4.78 is 5.50. The van der Waals surface area contributed by atoms with Crippen molar-refractivity contribution >= 4 is 23.2 Å². The molecule has 21 heavy (non-hydrogen) atoms. The molecule has 0 aromatic heterocycles. The predicted octanol–water partition coefficient (Wildman–Crippen LogP) is 4.00. The van der Waals surface area contributed by atoms with Crippen molar-refractivity contribution in [1.82, 2.24) is 5.32 Å². The van der Waals surface area contributed by atoms with Crippen molar-refractivity contribution in [3.05, 3.63) is 28.2 Å². The summed E-state index contributed by atoms with van der Waals surface area (Å²) in [7, 11) is 0. The average molecular weight is 334 g/mol. The molecule has 0 amide bonds. The van der Waals surface area contributed by atoms with Crippen LogP contribution in [0.3, 0.4) is 0 Å². The van der Waals surface area contributed by atoms with E-state index < -0.39 is 6.10 Å². The van der Waals surface area contributed by atoms with E-state index in [4.69, 9.17) is 27.9 Å². The highest BCUT2D eigenvalue weighted by atomic mass is 35.5. The zero-order chi connectivity index (χ0) is 16.0. The molecule has 5 heteroatoms. The van der Waals surface area contributed by atoms with Gasteiger partial charge in [-0.15, -0.1) is 0 Å². The maximum absolute atomic E-state index is 9.92. The molecule has 3 nitrogen and oxygen atoms in total. The summed E-state index contributed by atoms with van der Waals surface area (Å²) in [5.41, 5.74) is 0.255. The van der Waals surface area contributed by atoms with Gasteiger partial charge in [-0.1, -0.05) is 50.9 Å². The summed E-state index contributed by atoms with van der Waals surface area (Å²) in [4.78, 5) is 0. The Kier molecular flexibility index (Phi) is 7.28. The summed E-state index contributed by atoms with van der Waals surface area (Å²) in [5, 5.41) is 14.2. The quantitative estimate of drug-likeness (QED) is 0.792. The first-order valence-corrected chi connectivity index (χ1v) is 7.92. The minimum Gasteiger partial charge on any atom is -0.489 e. The summed E-state index contributed by atoms with van der Waals surface area (Å²) in [6.07, 6.45) is -0.580. The molecule has 0 saturated carbocycles. The lowest BCUT2D eigenvalue weighted by Gasteiger charge is -2.27. The van der Waals surface area contributed by atoms with Crippen LogP contribution in [-0.2, 0) is 0 Å². The molecule has 0 aliphatic heterocycles. The second kappa shape index (κ2) is 8.23. The molecule has 0 aliphatic carbocycles. The maximum Gasteiger partial charge on any atom is 0.138 e. The van der Waals surface area contributed by atoms with Crippen molar-refractivity contribution in [2.75, 3.05) is 19.7 Å². The first-order valence-electron chi connectivity index (χ1n) is 7.16. The maximum atomic E-state index is 9.92. The number of hydrogen-bond acceptors (Lipinski definition) is 3. The normalized spacial score (nSPS) is 14.8. The van der Waals surface area contributed by atoms with Crippen LogP contribution in [0.25, 0.3) is 0 Å². The molecule has 0 radical (unpaired) electrons. The Morgan fingerprint density at radius 1 is 1.24 bits per heavy atom. The smallest absolute Gasteiger partial charge is 0.138 e. The van der Waals surface area contributed by atoms with Crippen LogP contribution in [0.5, 0.6) is 5.75 Å². The lowest BCUT2D eigenvalue weighted by Crippen LogP contribution is -2.36. The number of hydrogen-bond donors (Lipinski definition) is 2. The fourth-order valence-corrected chi connectivity index (χ4v) is 2.07. The Morgan fingerprint density at radius 3 is 2.48 bits per heavy atom. The second-order valence-corrected chi connectivity index (χ2v) is 7.31.